The molecule has 25 heavy (non-hydrogen) atoms. The molecule has 1 aliphatic heterocycles. The van der Waals surface area contributed by atoms with Crippen LogP contribution in [0.5, 0.6) is 0 Å². The van der Waals surface area contributed by atoms with Gasteiger partial charge in [-0.2, -0.15) is 0 Å². The van der Waals surface area contributed by atoms with E-state index in [0.717, 1.165) is 25.2 Å². The molecule has 0 radical (unpaired) electrons. The molecule has 1 fully saturated rings. The van der Waals surface area contributed by atoms with Gasteiger partial charge in [-0.15, -0.1) is 0 Å². The van der Waals surface area contributed by atoms with Crippen LogP contribution in [0.4, 0.5) is 0 Å². The average molecular weight is 380 g/mol. The summed E-state index contributed by atoms with van der Waals surface area (Å²) in [5, 5.41) is 1.05. The fourth-order valence-electron chi connectivity index (χ4n) is 3.22. The van der Waals surface area contributed by atoms with Crippen molar-refractivity contribution in [2.24, 2.45) is 7.05 Å². The summed E-state index contributed by atoms with van der Waals surface area (Å²) in [6, 6.07) is 9.30. The molecule has 0 N–H and O–H groups in total. The average Bonchev–Trinajstić information content (AvgIpc) is 3.25. The molecule has 0 spiro atoms. The maximum atomic E-state index is 13.0. The second kappa shape index (κ2) is 8.26. The van der Waals surface area contributed by atoms with E-state index in [1.54, 1.807) is 6.07 Å². The van der Waals surface area contributed by atoms with Gasteiger partial charge in [0.25, 0.3) is 5.91 Å². The Kier molecular flexibility index (Phi) is 6.05. The largest absolute Gasteiger partial charge is 0.347 e. The zero-order valence-electron chi connectivity index (χ0n) is 14.4. The predicted octanol–water partition coefficient (Wildman–Crippen LogP) is 4.07. The van der Waals surface area contributed by atoms with Crippen LogP contribution in [0.2, 0.25) is 10.0 Å². The number of aryl methyl sites for hydroxylation is 1. The minimum atomic E-state index is 0.0396. The Morgan fingerprint density at radius 2 is 1.92 bits per heavy atom. The molecule has 6 heteroatoms. The highest BCUT2D eigenvalue weighted by molar-refractivity contribution is 6.42. The third-order valence-electron chi connectivity index (χ3n) is 4.69. The topological polar surface area (TPSA) is 28.5 Å². The molecule has 4 nitrogen and oxygen atoms in total. The first-order chi connectivity index (χ1) is 12.0. The molecule has 0 saturated carbocycles. The molecule has 0 unspecified atom stereocenters. The van der Waals surface area contributed by atoms with E-state index < -0.39 is 0 Å². The minimum absolute atomic E-state index is 0.0396. The summed E-state index contributed by atoms with van der Waals surface area (Å²) in [6.07, 6.45) is 4.39. The van der Waals surface area contributed by atoms with Crippen molar-refractivity contribution in [2.75, 3.05) is 26.2 Å². The Hall–Kier alpha value is -1.49. The Balaban J connectivity index is 1.76. The molecule has 1 aliphatic rings. The third kappa shape index (κ3) is 4.57. The summed E-state index contributed by atoms with van der Waals surface area (Å²) < 4.78 is 1.86. The summed E-state index contributed by atoms with van der Waals surface area (Å²) in [6.45, 7) is 4.37. The molecule has 3 rings (SSSR count). The van der Waals surface area contributed by atoms with E-state index in [9.17, 15) is 4.79 Å². The maximum Gasteiger partial charge on any atom is 0.270 e. The standard InChI is InChI=1S/C19H23Cl2N3O/c1-22-8-4-5-18(22)19(25)24(12-11-23-9-2-3-10-23)14-15-6-7-16(20)17(21)13-15/h4-8,13H,2-3,9-12,14H2,1H3. The van der Waals surface area contributed by atoms with Crippen LogP contribution in [0.25, 0.3) is 0 Å². The maximum absolute atomic E-state index is 13.0. The van der Waals surface area contributed by atoms with Crippen LogP contribution in [0.3, 0.4) is 0 Å². The number of rotatable bonds is 6. The first-order valence-electron chi connectivity index (χ1n) is 8.61. The molecular formula is C19H23Cl2N3O. The van der Waals surface area contributed by atoms with Crippen LogP contribution >= 0.6 is 23.2 Å². The van der Waals surface area contributed by atoms with Crippen LogP contribution in [-0.2, 0) is 13.6 Å². The van der Waals surface area contributed by atoms with Crippen molar-refractivity contribution in [3.63, 3.8) is 0 Å². The number of aromatic nitrogens is 1. The van der Waals surface area contributed by atoms with Crippen molar-refractivity contribution >= 4 is 29.1 Å². The van der Waals surface area contributed by atoms with Crippen molar-refractivity contribution < 1.29 is 4.79 Å². The van der Waals surface area contributed by atoms with Gasteiger partial charge in [0.2, 0.25) is 0 Å². The SMILES string of the molecule is Cn1cccc1C(=O)N(CCN1CCCC1)Cc1ccc(Cl)c(Cl)c1. The first-order valence-corrected chi connectivity index (χ1v) is 9.37. The van der Waals surface area contributed by atoms with Crippen molar-refractivity contribution in [3.8, 4) is 0 Å². The molecule has 1 saturated heterocycles. The number of benzene rings is 1. The molecule has 0 bridgehead atoms. The van der Waals surface area contributed by atoms with Gasteiger partial charge in [0.15, 0.2) is 0 Å². The van der Waals surface area contributed by atoms with Crippen molar-refractivity contribution in [1.29, 1.82) is 0 Å². The lowest BCUT2D eigenvalue weighted by Gasteiger charge is -2.26. The number of carbonyl (C=O) groups is 1. The van der Waals surface area contributed by atoms with E-state index in [0.29, 0.717) is 28.8 Å². The summed E-state index contributed by atoms with van der Waals surface area (Å²) in [7, 11) is 1.89. The highest BCUT2D eigenvalue weighted by Gasteiger charge is 2.20. The summed E-state index contributed by atoms with van der Waals surface area (Å²) in [4.78, 5) is 17.3. The number of hydrogen-bond acceptors (Lipinski definition) is 2. The smallest absolute Gasteiger partial charge is 0.270 e. The van der Waals surface area contributed by atoms with Gasteiger partial charge in [-0.1, -0.05) is 29.3 Å². The highest BCUT2D eigenvalue weighted by atomic mass is 35.5. The zero-order chi connectivity index (χ0) is 17.8. The van der Waals surface area contributed by atoms with E-state index in [1.807, 2.05) is 47.0 Å². The van der Waals surface area contributed by atoms with Gasteiger partial charge < -0.3 is 14.4 Å². The Morgan fingerprint density at radius 3 is 2.56 bits per heavy atom. The molecule has 1 aromatic carbocycles. The van der Waals surface area contributed by atoms with Gasteiger partial charge in [-0.05, 0) is 55.8 Å². The van der Waals surface area contributed by atoms with Crippen molar-refractivity contribution in [2.45, 2.75) is 19.4 Å². The van der Waals surface area contributed by atoms with Gasteiger partial charge in [-0.3, -0.25) is 4.79 Å². The molecule has 134 valence electrons. The molecule has 2 aromatic rings. The van der Waals surface area contributed by atoms with Gasteiger partial charge in [0, 0.05) is 32.9 Å². The zero-order valence-corrected chi connectivity index (χ0v) is 15.9. The number of carbonyl (C=O) groups excluding carboxylic acids is 1. The summed E-state index contributed by atoms with van der Waals surface area (Å²) in [5.74, 6) is 0.0396. The lowest BCUT2D eigenvalue weighted by Crippen LogP contribution is -2.38. The van der Waals surface area contributed by atoms with Gasteiger partial charge in [0.05, 0.1) is 10.0 Å². The molecule has 0 atom stereocenters. The van der Waals surface area contributed by atoms with E-state index in [4.69, 9.17) is 23.2 Å². The van der Waals surface area contributed by atoms with Crippen LogP contribution in [0.15, 0.2) is 36.5 Å². The normalized spacial score (nSPS) is 14.8. The fraction of sp³-hybridized carbons (Fsp3) is 0.421. The van der Waals surface area contributed by atoms with E-state index in [2.05, 4.69) is 4.90 Å². The van der Waals surface area contributed by atoms with E-state index >= 15 is 0 Å². The first kappa shape index (κ1) is 18.3. The molecule has 1 aromatic heterocycles. The van der Waals surface area contributed by atoms with Gasteiger partial charge in [0.1, 0.15) is 5.69 Å². The minimum Gasteiger partial charge on any atom is -0.347 e. The number of hydrogen-bond donors (Lipinski definition) is 0. The second-order valence-corrected chi connectivity index (χ2v) is 7.34. The molecule has 2 heterocycles. The summed E-state index contributed by atoms with van der Waals surface area (Å²) >= 11 is 12.1. The van der Waals surface area contributed by atoms with E-state index in [-0.39, 0.29) is 5.91 Å². The quantitative estimate of drug-likeness (QED) is 0.756. The highest BCUT2D eigenvalue weighted by Crippen LogP contribution is 2.23. The van der Waals surface area contributed by atoms with E-state index in [1.165, 1.54) is 12.8 Å². The van der Waals surface area contributed by atoms with Crippen molar-refractivity contribution in [3.05, 3.63) is 57.8 Å². The number of likely N-dealkylation sites (tertiary alicyclic amines) is 1. The Labute approximate surface area is 158 Å². The molecule has 1 amide bonds. The summed E-state index contributed by atoms with van der Waals surface area (Å²) in [5.41, 5.74) is 1.68. The van der Waals surface area contributed by atoms with Crippen LogP contribution in [-0.4, -0.2) is 46.5 Å². The van der Waals surface area contributed by atoms with Gasteiger partial charge >= 0.3 is 0 Å². The van der Waals surface area contributed by atoms with Crippen molar-refractivity contribution in [1.82, 2.24) is 14.4 Å². The number of amides is 1. The van der Waals surface area contributed by atoms with Crippen LogP contribution in [0, 0.1) is 0 Å². The molecule has 0 aliphatic carbocycles. The Bertz CT molecular complexity index is 738. The monoisotopic (exact) mass is 379 g/mol. The third-order valence-corrected chi connectivity index (χ3v) is 5.43. The van der Waals surface area contributed by atoms with Crippen LogP contribution < -0.4 is 0 Å². The lowest BCUT2D eigenvalue weighted by atomic mass is 10.2. The van der Waals surface area contributed by atoms with Gasteiger partial charge in [-0.25, -0.2) is 0 Å². The fourth-order valence-corrected chi connectivity index (χ4v) is 3.55. The molecular weight excluding hydrogens is 357 g/mol. The predicted molar refractivity (Wildman–Crippen MR) is 102 cm³/mol. The van der Waals surface area contributed by atoms with Crippen LogP contribution in [0.1, 0.15) is 28.9 Å². The number of halogens is 2. The number of nitrogens with zero attached hydrogens (tertiary/aromatic N) is 3. The Morgan fingerprint density at radius 1 is 1.16 bits per heavy atom. The second-order valence-electron chi connectivity index (χ2n) is 6.53. The lowest BCUT2D eigenvalue weighted by molar-refractivity contribution is 0.0717.